The zero-order valence-electron chi connectivity index (χ0n) is 2.08. The van der Waals surface area contributed by atoms with Gasteiger partial charge < -0.3 is 16.4 Å². The smallest absolute Gasteiger partial charge is 2.00 e. The molecular weight excluding hydrogens is 245 g/mol. The van der Waals surface area contributed by atoms with Gasteiger partial charge >= 0.3 is 57.7 Å². The maximum atomic E-state index is 0. The second-order valence-corrected chi connectivity index (χ2v) is 0. The minimum Gasteiger partial charge on any atom is -2.00 e. The van der Waals surface area contributed by atoms with Crippen molar-refractivity contribution in [1.82, 2.24) is 0 Å². The van der Waals surface area contributed by atoms with Crippen molar-refractivity contribution < 1.29 is 74.2 Å². The van der Waals surface area contributed by atoms with Gasteiger partial charge in [-0.3, -0.25) is 0 Å². The van der Waals surface area contributed by atoms with Crippen molar-refractivity contribution in [2.45, 2.75) is 0 Å². The van der Waals surface area contributed by atoms with E-state index in [9.17, 15) is 0 Å². The molecule has 0 rings (SSSR count). The third kappa shape index (κ3) is 26.4. The number of hydrogen-bond acceptors (Lipinski definition) is 0. The van der Waals surface area contributed by atoms with E-state index in [1.54, 1.807) is 0 Å². The molecule has 0 bridgehead atoms. The molecule has 5 heteroatoms. The molecule has 0 fully saturated rings. The summed E-state index contributed by atoms with van der Waals surface area (Å²) in [7, 11) is 0. The van der Waals surface area contributed by atoms with Crippen LogP contribution in [0.15, 0.2) is 0 Å². The molecule has 0 aliphatic carbocycles. The van der Waals surface area contributed by atoms with Crippen LogP contribution in [0.4, 0.5) is 0 Å². The Bertz CT molecular complexity index is 6.85. The van der Waals surface area contributed by atoms with E-state index in [4.69, 9.17) is 0 Å². The first-order valence-electron chi connectivity index (χ1n) is 0. The van der Waals surface area contributed by atoms with Gasteiger partial charge in [0, 0.05) is 0 Å². The summed E-state index contributed by atoms with van der Waals surface area (Å²) in [6.45, 7) is 0. The second-order valence-electron chi connectivity index (χ2n) is 0. The van der Waals surface area contributed by atoms with Crippen LogP contribution < -0.4 is 0 Å². The topological polar surface area (TPSA) is 85.5 Å². The van der Waals surface area contributed by atoms with Crippen LogP contribution >= 0.6 is 0 Å². The monoisotopic (exact) mass is 245 g/mol. The Morgan fingerprint density at radius 3 is 0.600 bits per heavy atom. The summed E-state index contributed by atoms with van der Waals surface area (Å²) in [5.41, 5.74) is 0. The van der Waals surface area contributed by atoms with Crippen LogP contribution in [0, 0.1) is 40.4 Å². The van der Waals surface area contributed by atoms with Crippen LogP contribution in [0.1, 0.15) is 0 Å². The van der Waals surface area contributed by atoms with Gasteiger partial charge in [-0.2, -0.15) is 0 Å². The molecule has 3 nitrogen and oxygen atoms in total. The molecule has 0 amide bonds. The van der Waals surface area contributed by atoms with Gasteiger partial charge in [0.2, 0.25) is 0 Å². The maximum Gasteiger partial charge on any atom is 3.00 e. The van der Waals surface area contributed by atoms with E-state index in [2.05, 4.69) is 0 Å². The third-order valence-electron chi connectivity index (χ3n) is 0. The Kier molecular flexibility index (Phi) is 617. The molecule has 0 aliphatic rings. The Morgan fingerprint density at radius 1 is 0.600 bits per heavy atom. The molecule has 0 saturated heterocycles. The zero-order chi connectivity index (χ0) is 0. The van der Waals surface area contributed by atoms with Crippen molar-refractivity contribution in [2.24, 2.45) is 0 Å². The van der Waals surface area contributed by atoms with Crippen molar-refractivity contribution in [3.8, 4) is 0 Å². The van der Waals surface area contributed by atoms with Crippen molar-refractivity contribution in [2.75, 3.05) is 0 Å². The van der Waals surface area contributed by atoms with Crippen LogP contribution in [-0.2, 0) is 33.8 Å². The fraction of sp³-hybridized carbons (Fsp3) is 0. The SMILES string of the molecule is [Cr+3].[O-2].[O-2].[O-2].[Pm+3]. The molecule has 29 valence electrons. The molecular formula is CrO3Pm. The van der Waals surface area contributed by atoms with Gasteiger partial charge in [0.1, 0.15) is 0 Å². The van der Waals surface area contributed by atoms with Gasteiger partial charge in [-0.15, -0.1) is 0 Å². The van der Waals surface area contributed by atoms with Crippen molar-refractivity contribution in [1.29, 1.82) is 0 Å². The molecule has 0 aromatic heterocycles. The molecule has 0 aliphatic heterocycles. The molecule has 0 N–H and O–H groups in total. The first-order valence-corrected chi connectivity index (χ1v) is 0. The van der Waals surface area contributed by atoms with Crippen molar-refractivity contribution >= 4 is 0 Å². The van der Waals surface area contributed by atoms with Gasteiger partial charge in [-0.1, -0.05) is 0 Å². The average molecular weight is 245 g/mol. The summed E-state index contributed by atoms with van der Waals surface area (Å²) in [4.78, 5) is 0. The molecule has 0 saturated carbocycles. The Hall–Kier alpha value is 1.75. The minimum atomic E-state index is 0. The summed E-state index contributed by atoms with van der Waals surface area (Å²) in [6.07, 6.45) is 0. The maximum absolute atomic E-state index is 0. The van der Waals surface area contributed by atoms with Gasteiger partial charge in [0.25, 0.3) is 0 Å². The zero-order valence-corrected chi connectivity index (χ0v) is 6.22. The number of rotatable bonds is 0. The summed E-state index contributed by atoms with van der Waals surface area (Å²) < 4.78 is 0. The summed E-state index contributed by atoms with van der Waals surface area (Å²) in [5.74, 6) is 0. The summed E-state index contributed by atoms with van der Waals surface area (Å²) in [5, 5.41) is 0. The molecule has 1 radical (unpaired) electrons. The first kappa shape index (κ1) is 72.9. The predicted molar refractivity (Wildman–Crippen MR) is 2.06 cm³/mol. The normalized spacial score (nSPS) is 0. The Balaban J connectivity index is 0. The van der Waals surface area contributed by atoms with Crippen LogP contribution in [0.3, 0.4) is 0 Å². The summed E-state index contributed by atoms with van der Waals surface area (Å²) >= 11 is 0. The summed E-state index contributed by atoms with van der Waals surface area (Å²) in [6, 6.07) is 0. The van der Waals surface area contributed by atoms with E-state index < -0.39 is 0 Å². The second kappa shape index (κ2) is 42.4. The molecule has 0 atom stereocenters. The third-order valence-corrected chi connectivity index (χ3v) is 0. The minimum absolute atomic E-state index is 0. The quantitative estimate of drug-likeness (QED) is 0.558. The van der Waals surface area contributed by atoms with E-state index >= 15 is 0 Å². The largest absolute Gasteiger partial charge is 3.00 e. The van der Waals surface area contributed by atoms with Crippen LogP contribution in [0.25, 0.3) is 0 Å². The van der Waals surface area contributed by atoms with Gasteiger partial charge in [-0.25, -0.2) is 0 Å². The van der Waals surface area contributed by atoms with Crippen molar-refractivity contribution in [3.63, 3.8) is 0 Å². The molecule has 0 aromatic carbocycles. The molecule has 0 aromatic rings. The van der Waals surface area contributed by atoms with E-state index in [0.717, 1.165) is 0 Å². The Labute approximate surface area is 73.3 Å². The van der Waals surface area contributed by atoms with E-state index in [-0.39, 0.29) is 74.2 Å². The van der Waals surface area contributed by atoms with E-state index in [1.165, 1.54) is 0 Å². The van der Waals surface area contributed by atoms with Crippen molar-refractivity contribution in [3.05, 3.63) is 0 Å². The van der Waals surface area contributed by atoms with Crippen LogP contribution in [0.2, 0.25) is 0 Å². The van der Waals surface area contributed by atoms with Gasteiger partial charge in [0.05, 0.1) is 0 Å². The van der Waals surface area contributed by atoms with Crippen LogP contribution in [-0.4, -0.2) is 0 Å². The van der Waals surface area contributed by atoms with Gasteiger partial charge in [-0.05, 0) is 0 Å². The van der Waals surface area contributed by atoms with Crippen LogP contribution in [0.5, 0.6) is 0 Å². The fourth-order valence-corrected chi connectivity index (χ4v) is 0. The van der Waals surface area contributed by atoms with E-state index in [1.807, 2.05) is 0 Å². The molecule has 0 spiro atoms. The predicted octanol–water partition coefficient (Wildman–Crippen LogP) is -0.359. The average Bonchev–Trinajstić information content (AvgIpc) is 0. The molecule has 0 heterocycles. The number of hydrogen-bond donors (Lipinski definition) is 0. The van der Waals surface area contributed by atoms with Gasteiger partial charge in [0.15, 0.2) is 0 Å². The molecule has 0 unspecified atom stereocenters. The van der Waals surface area contributed by atoms with E-state index in [0.29, 0.717) is 0 Å². The fourth-order valence-electron chi connectivity index (χ4n) is 0. The molecule has 5 heavy (non-hydrogen) atoms. The Morgan fingerprint density at radius 2 is 0.600 bits per heavy atom. The standard InChI is InChI=1S/Cr.3O.Pm/q+3;3*-2;+3. The first-order chi connectivity index (χ1) is 0.